The zero-order chi connectivity index (χ0) is 22.9. The summed E-state index contributed by atoms with van der Waals surface area (Å²) in [6.45, 7) is 3.52. The summed E-state index contributed by atoms with van der Waals surface area (Å²) >= 11 is 0. The number of nitrogens with one attached hydrogen (secondary N) is 1. The molecule has 3 heterocycles. The third-order valence-electron chi connectivity index (χ3n) is 4.99. The van der Waals surface area contributed by atoms with Gasteiger partial charge in [0, 0.05) is 29.4 Å². The second-order valence-electron chi connectivity index (χ2n) is 7.42. The van der Waals surface area contributed by atoms with Crippen molar-refractivity contribution in [2.24, 2.45) is 0 Å². The Labute approximate surface area is 181 Å². The van der Waals surface area contributed by atoms with Crippen molar-refractivity contribution in [3.8, 4) is 0 Å². The lowest BCUT2D eigenvalue weighted by molar-refractivity contribution is -0.141. The van der Waals surface area contributed by atoms with Crippen LogP contribution < -0.4 is 5.32 Å². The summed E-state index contributed by atoms with van der Waals surface area (Å²) in [5.74, 6) is -0.620. The van der Waals surface area contributed by atoms with E-state index in [1.807, 2.05) is 37.3 Å². The van der Waals surface area contributed by atoms with Crippen LogP contribution in [0, 0.1) is 13.8 Å². The van der Waals surface area contributed by atoms with E-state index in [0.29, 0.717) is 12.1 Å². The number of alkyl halides is 3. The number of amides is 1. The molecule has 7 nitrogen and oxygen atoms in total. The lowest BCUT2D eigenvalue weighted by Crippen LogP contribution is -2.26. The van der Waals surface area contributed by atoms with Gasteiger partial charge in [0.15, 0.2) is 5.69 Å². The fourth-order valence-electron chi connectivity index (χ4n) is 3.36. The highest BCUT2D eigenvalue weighted by atomic mass is 19.4. The van der Waals surface area contributed by atoms with Gasteiger partial charge in [0.1, 0.15) is 5.69 Å². The summed E-state index contributed by atoms with van der Waals surface area (Å²) in [6, 6.07) is 11.2. The van der Waals surface area contributed by atoms with Crippen LogP contribution >= 0.6 is 0 Å². The van der Waals surface area contributed by atoms with E-state index in [9.17, 15) is 18.0 Å². The van der Waals surface area contributed by atoms with Gasteiger partial charge >= 0.3 is 6.18 Å². The summed E-state index contributed by atoms with van der Waals surface area (Å²) < 4.78 is 41.1. The third-order valence-corrected chi connectivity index (χ3v) is 4.99. The van der Waals surface area contributed by atoms with Gasteiger partial charge < -0.3 is 5.32 Å². The molecule has 0 atom stereocenters. The van der Waals surface area contributed by atoms with Gasteiger partial charge in [0.2, 0.25) is 0 Å². The maximum absolute atomic E-state index is 13.2. The van der Waals surface area contributed by atoms with Crippen LogP contribution in [-0.2, 0) is 19.3 Å². The first-order chi connectivity index (χ1) is 15.2. The monoisotopic (exact) mass is 440 g/mol. The Bertz CT molecular complexity index is 1300. The Morgan fingerprint density at radius 2 is 1.94 bits per heavy atom. The van der Waals surface area contributed by atoms with Crippen LogP contribution in [0.1, 0.15) is 38.6 Å². The van der Waals surface area contributed by atoms with Crippen molar-refractivity contribution < 1.29 is 18.0 Å². The number of hydrogen-bond acceptors (Lipinski definition) is 5. The number of hydrogen-bond donors (Lipinski definition) is 1. The molecular formula is C22H19F3N6O. The van der Waals surface area contributed by atoms with Crippen LogP contribution in [0.4, 0.5) is 13.2 Å². The molecule has 0 unspecified atom stereocenters. The van der Waals surface area contributed by atoms with E-state index in [-0.39, 0.29) is 17.8 Å². The molecule has 0 aliphatic heterocycles. The molecule has 0 aliphatic carbocycles. The summed E-state index contributed by atoms with van der Waals surface area (Å²) in [6.07, 6.45) is -2.06. The number of fused-ring (bicyclic) bond motifs is 1. The summed E-state index contributed by atoms with van der Waals surface area (Å²) in [4.78, 5) is 20.3. The van der Waals surface area contributed by atoms with Crippen molar-refractivity contribution >= 4 is 16.8 Å². The summed E-state index contributed by atoms with van der Waals surface area (Å²) in [7, 11) is 0. The number of carbonyl (C=O) groups is 1. The zero-order valence-corrected chi connectivity index (χ0v) is 17.3. The van der Waals surface area contributed by atoms with Gasteiger partial charge in [0.25, 0.3) is 5.91 Å². The van der Waals surface area contributed by atoms with Gasteiger partial charge in [-0.05, 0) is 49.2 Å². The largest absolute Gasteiger partial charge is 0.433 e. The fraction of sp³-hybridized carbons (Fsp3) is 0.227. The highest BCUT2D eigenvalue weighted by Crippen LogP contribution is 2.31. The van der Waals surface area contributed by atoms with Gasteiger partial charge in [-0.1, -0.05) is 17.3 Å². The van der Waals surface area contributed by atoms with Gasteiger partial charge in [-0.15, -0.1) is 5.10 Å². The first-order valence-electron chi connectivity index (χ1n) is 9.77. The van der Waals surface area contributed by atoms with Crippen LogP contribution in [0.3, 0.4) is 0 Å². The fourth-order valence-corrected chi connectivity index (χ4v) is 3.36. The number of pyridine rings is 2. The van der Waals surface area contributed by atoms with Crippen molar-refractivity contribution in [2.75, 3.05) is 0 Å². The molecule has 164 valence electrons. The van der Waals surface area contributed by atoms with Crippen LogP contribution in [-0.4, -0.2) is 30.9 Å². The van der Waals surface area contributed by atoms with Crippen molar-refractivity contribution in [2.45, 2.75) is 33.1 Å². The van der Waals surface area contributed by atoms with Gasteiger partial charge in [0.05, 0.1) is 18.3 Å². The molecule has 1 amide bonds. The number of carbonyl (C=O) groups excluding carboxylic acids is 1. The van der Waals surface area contributed by atoms with E-state index in [1.165, 1.54) is 23.9 Å². The first kappa shape index (κ1) is 21.4. The Kier molecular flexibility index (Phi) is 5.60. The topological polar surface area (TPSA) is 85.6 Å². The Balaban J connectivity index is 1.45. The number of halogens is 3. The lowest BCUT2D eigenvalue weighted by Gasteiger charge is -2.14. The number of rotatable bonds is 5. The number of nitrogens with zero attached hydrogens (tertiary/aromatic N) is 5. The SMILES string of the molecule is Cc1ccc2cc(Cn3cc(C(=O)NCc4c(C)ccnc4C(F)(F)F)nn3)ccc2n1. The minimum Gasteiger partial charge on any atom is -0.346 e. The van der Waals surface area contributed by atoms with Gasteiger partial charge in [-0.2, -0.15) is 13.2 Å². The highest BCUT2D eigenvalue weighted by Gasteiger charge is 2.35. The Morgan fingerprint density at radius 3 is 2.72 bits per heavy atom. The Hall–Kier alpha value is -3.82. The van der Waals surface area contributed by atoms with E-state index < -0.39 is 17.8 Å². The van der Waals surface area contributed by atoms with Crippen molar-refractivity contribution in [3.05, 3.63) is 82.6 Å². The lowest BCUT2D eigenvalue weighted by atomic mass is 10.1. The van der Waals surface area contributed by atoms with E-state index >= 15 is 0 Å². The predicted octanol–water partition coefficient (Wildman–Crippen LogP) is 3.84. The van der Waals surface area contributed by atoms with Gasteiger partial charge in [-0.3, -0.25) is 14.8 Å². The molecule has 10 heteroatoms. The minimum atomic E-state index is -4.61. The molecule has 1 aromatic carbocycles. The molecular weight excluding hydrogens is 421 g/mol. The molecule has 0 saturated carbocycles. The standard InChI is InChI=1S/C22H19F3N6O/c1-13-7-8-26-20(22(23,24)25)17(13)10-27-21(32)19-12-31(30-29-19)11-15-4-6-18-16(9-15)5-3-14(2)28-18/h3-9,12H,10-11H2,1-2H3,(H,27,32). The quantitative estimate of drug-likeness (QED) is 0.510. The van der Waals surface area contributed by atoms with Crippen molar-refractivity contribution in [1.29, 1.82) is 0 Å². The first-order valence-corrected chi connectivity index (χ1v) is 9.77. The third kappa shape index (κ3) is 4.58. The Morgan fingerprint density at radius 1 is 1.12 bits per heavy atom. The minimum absolute atomic E-state index is 0.0122. The average molecular weight is 440 g/mol. The van der Waals surface area contributed by atoms with E-state index in [4.69, 9.17) is 0 Å². The van der Waals surface area contributed by atoms with Crippen LogP contribution in [0.2, 0.25) is 0 Å². The molecule has 0 aliphatic rings. The van der Waals surface area contributed by atoms with Gasteiger partial charge in [-0.25, -0.2) is 4.68 Å². The number of benzene rings is 1. The van der Waals surface area contributed by atoms with Crippen molar-refractivity contribution in [3.63, 3.8) is 0 Å². The zero-order valence-electron chi connectivity index (χ0n) is 17.3. The van der Waals surface area contributed by atoms with Crippen molar-refractivity contribution in [1.82, 2.24) is 30.3 Å². The average Bonchev–Trinajstić information content (AvgIpc) is 3.20. The molecule has 1 N–H and O–H groups in total. The molecule has 0 radical (unpaired) electrons. The molecule has 0 bridgehead atoms. The van der Waals surface area contributed by atoms with Crippen LogP contribution in [0.5, 0.6) is 0 Å². The molecule has 0 fully saturated rings. The van der Waals surface area contributed by atoms with Crippen LogP contribution in [0.15, 0.2) is 48.8 Å². The van der Waals surface area contributed by atoms with E-state index in [2.05, 4.69) is 25.6 Å². The van der Waals surface area contributed by atoms with E-state index in [0.717, 1.165) is 28.4 Å². The smallest absolute Gasteiger partial charge is 0.346 e. The summed E-state index contributed by atoms with van der Waals surface area (Å²) in [5.41, 5.74) is 2.07. The number of aryl methyl sites for hydroxylation is 2. The second kappa shape index (κ2) is 8.37. The molecule has 0 saturated heterocycles. The predicted molar refractivity (Wildman–Crippen MR) is 111 cm³/mol. The van der Waals surface area contributed by atoms with Crippen LogP contribution in [0.25, 0.3) is 10.9 Å². The maximum Gasteiger partial charge on any atom is 0.433 e. The molecule has 32 heavy (non-hydrogen) atoms. The second-order valence-corrected chi connectivity index (χ2v) is 7.42. The molecule has 0 spiro atoms. The molecule has 3 aromatic heterocycles. The number of aromatic nitrogens is 5. The normalized spacial score (nSPS) is 11.7. The molecule has 4 aromatic rings. The highest BCUT2D eigenvalue weighted by molar-refractivity contribution is 5.91. The molecule has 4 rings (SSSR count). The maximum atomic E-state index is 13.2. The summed E-state index contributed by atoms with van der Waals surface area (Å²) in [5, 5.41) is 11.3. The van der Waals surface area contributed by atoms with E-state index in [1.54, 1.807) is 0 Å².